The summed E-state index contributed by atoms with van der Waals surface area (Å²) in [5.41, 5.74) is 0. The number of ether oxygens (including phenoxy) is 1. The van der Waals surface area contributed by atoms with E-state index in [4.69, 9.17) is 0 Å². The van der Waals surface area contributed by atoms with E-state index in [1.165, 1.54) is 6.92 Å². The van der Waals surface area contributed by atoms with Crippen molar-refractivity contribution in [3.63, 3.8) is 0 Å². The molecule has 0 aromatic carbocycles. The second-order valence-electron chi connectivity index (χ2n) is 1.99. The molecule has 0 rings (SSSR count). The van der Waals surface area contributed by atoms with Crippen LogP contribution in [0.3, 0.4) is 0 Å². The maximum atomic E-state index is 10.7. The molecule has 0 amide bonds. The molecular formula is C7H12O5. The highest BCUT2D eigenvalue weighted by atomic mass is 17.2. The number of Topliss-reactive ketones (excluding diaryl/α,β-unsaturated/α-hetero) is 1. The average molecular weight is 176 g/mol. The fraction of sp³-hybridized carbons (Fsp3) is 0.714. The number of esters is 1. The maximum absolute atomic E-state index is 10.7. The number of carbonyl (C=O) groups is 2. The van der Waals surface area contributed by atoms with Gasteiger partial charge in [-0.2, -0.15) is 0 Å². The Hall–Kier alpha value is -0.940. The Morgan fingerprint density at radius 3 is 2.33 bits per heavy atom. The van der Waals surface area contributed by atoms with E-state index in [1.54, 1.807) is 6.92 Å². The average Bonchev–Trinajstić information content (AvgIpc) is 2.01. The lowest BCUT2D eigenvalue weighted by Crippen LogP contribution is -2.17. The van der Waals surface area contributed by atoms with Crippen LogP contribution in [0.2, 0.25) is 0 Å². The van der Waals surface area contributed by atoms with Crippen molar-refractivity contribution < 1.29 is 24.1 Å². The molecule has 0 unspecified atom stereocenters. The maximum Gasteiger partial charge on any atom is 0.303 e. The first kappa shape index (κ1) is 11.1. The molecule has 0 bridgehead atoms. The van der Waals surface area contributed by atoms with Gasteiger partial charge in [0.15, 0.2) is 12.4 Å². The SMILES string of the molecule is CCOOCC(=O)COC(C)=O. The predicted molar refractivity (Wildman–Crippen MR) is 39.2 cm³/mol. The van der Waals surface area contributed by atoms with E-state index in [1.807, 2.05) is 0 Å². The molecule has 12 heavy (non-hydrogen) atoms. The minimum absolute atomic E-state index is 0.193. The summed E-state index contributed by atoms with van der Waals surface area (Å²) < 4.78 is 4.41. The van der Waals surface area contributed by atoms with Crippen LogP contribution in [0.1, 0.15) is 13.8 Å². The lowest BCUT2D eigenvalue weighted by Gasteiger charge is -2.01. The summed E-state index contributed by atoms with van der Waals surface area (Å²) in [5, 5.41) is 0. The van der Waals surface area contributed by atoms with Crippen LogP contribution in [0, 0.1) is 0 Å². The highest BCUT2D eigenvalue weighted by molar-refractivity contribution is 5.82. The molecule has 0 N–H and O–H groups in total. The molecule has 5 nitrogen and oxygen atoms in total. The van der Waals surface area contributed by atoms with E-state index in [2.05, 4.69) is 14.5 Å². The normalized spacial score (nSPS) is 9.50. The van der Waals surface area contributed by atoms with Gasteiger partial charge in [-0.1, -0.05) is 0 Å². The minimum Gasteiger partial charge on any atom is -0.458 e. The third kappa shape index (κ3) is 7.17. The summed E-state index contributed by atoms with van der Waals surface area (Å²) in [6.07, 6.45) is 0. The van der Waals surface area contributed by atoms with Crippen molar-refractivity contribution in [3.05, 3.63) is 0 Å². The largest absolute Gasteiger partial charge is 0.458 e. The summed E-state index contributed by atoms with van der Waals surface area (Å²) >= 11 is 0. The van der Waals surface area contributed by atoms with Gasteiger partial charge in [0, 0.05) is 6.92 Å². The fourth-order valence-corrected chi connectivity index (χ4v) is 0.415. The standard InChI is InChI=1S/C7H12O5/c1-3-11-12-5-7(9)4-10-6(2)8/h3-5H2,1-2H3. The summed E-state index contributed by atoms with van der Waals surface area (Å²) in [6, 6.07) is 0. The summed E-state index contributed by atoms with van der Waals surface area (Å²) in [4.78, 5) is 29.9. The number of carbonyl (C=O) groups excluding carboxylic acids is 2. The van der Waals surface area contributed by atoms with Crippen LogP contribution in [-0.2, 0) is 24.1 Å². The lowest BCUT2D eigenvalue weighted by atomic mass is 10.4. The van der Waals surface area contributed by atoms with Crippen molar-refractivity contribution in [2.24, 2.45) is 0 Å². The third-order valence-electron chi connectivity index (χ3n) is 0.858. The Labute approximate surface area is 70.5 Å². The molecule has 0 atom stereocenters. The van der Waals surface area contributed by atoms with Crippen LogP contribution in [0.25, 0.3) is 0 Å². The van der Waals surface area contributed by atoms with Crippen LogP contribution >= 0.6 is 0 Å². The highest BCUT2D eigenvalue weighted by Crippen LogP contribution is 1.83. The van der Waals surface area contributed by atoms with Crippen molar-refractivity contribution >= 4 is 11.8 Å². The van der Waals surface area contributed by atoms with E-state index in [9.17, 15) is 9.59 Å². The van der Waals surface area contributed by atoms with Gasteiger partial charge in [-0.3, -0.25) is 9.59 Å². The van der Waals surface area contributed by atoms with Gasteiger partial charge in [-0.05, 0) is 6.92 Å². The number of hydrogen-bond donors (Lipinski definition) is 0. The Balaban J connectivity index is 3.28. The van der Waals surface area contributed by atoms with Crippen LogP contribution in [-0.4, -0.2) is 31.6 Å². The highest BCUT2D eigenvalue weighted by Gasteiger charge is 2.04. The van der Waals surface area contributed by atoms with E-state index in [0.29, 0.717) is 6.61 Å². The van der Waals surface area contributed by atoms with Gasteiger partial charge in [0.25, 0.3) is 0 Å². The second kappa shape index (κ2) is 6.75. The topological polar surface area (TPSA) is 61.8 Å². The van der Waals surface area contributed by atoms with Crippen LogP contribution in [0.15, 0.2) is 0 Å². The molecule has 0 aromatic heterocycles. The Morgan fingerprint density at radius 1 is 1.17 bits per heavy atom. The molecule has 0 saturated heterocycles. The zero-order valence-corrected chi connectivity index (χ0v) is 7.16. The van der Waals surface area contributed by atoms with Crippen molar-refractivity contribution in [1.29, 1.82) is 0 Å². The van der Waals surface area contributed by atoms with Gasteiger partial charge in [0.1, 0.15) is 6.61 Å². The summed E-state index contributed by atoms with van der Waals surface area (Å²) in [6.45, 7) is 2.89. The van der Waals surface area contributed by atoms with Crippen LogP contribution in [0.5, 0.6) is 0 Å². The molecule has 70 valence electrons. The first-order valence-electron chi connectivity index (χ1n) is 3.56. The molecule has 0 aliphatic carbocycles. The van der Waals surface area contributed by atoms with Gasteiger partial charge in [0.2, 0.25) is 0 Å². The number of rotatable bonds is 6. The Kier molecular flexibility index (Phi) is 6.22. The van der Waals surface area contributed by atoms with Gasteiger partial charge in [-0.25, -0.2) is 9.78 Å². The first-order valence-corrected chi connectivity index (χ1v) is 3.56. The van der Waals surface area contributed by atoms with Crippen LogP contribution < -0.4 is 0 Å². The molecule has 0 heterocycles. The van der Waals surface area contributed by atoms with Gasteiger partial charge in [-0.15, -0.1) is 0 Å². The fourth-order valence-electron chi connectivity index (χ4n) is 0.415. The van der Waals surface area contributed by atoms with E-state index < -0.39 is 5.97 Å². The molecule has 0 radical (unpaired) electrons. The third-order valence-corrected chi connectivity index (χ3v) is 0.858. The molecule has 0 spiro atoms. The van der Waals surface area contributed by atoms with E-state index in [-0.39, 0.29) is 19.0 Å². The monoisotopic (exact) mass is 176 g/mol. The summed E-state index contributed by atoms with van der Waals surface area (Å²) in [7, 11) is 0. The Morgan fingerprint density at radius 2 is 1.83 bits per heavy atom. The van der Waals surface area contributed by atoms with Gasteiger partial charge < -0.3 is 4.74 Å². The van der Waals surface area contributed by atoms with Gasteiger partial charge in [0.05, 0.1) is 6.61 Å². The first-order chi connectivity index (χ1) is 5.66. The number of hydrogen-bond acceptors (Lipinski definition) is 5. The Bertz CT molecular complexity index is 154. The van der Waals surface area contributed by atoms with Gasteiger partial charge >= 0.3 is 5.97 Å². The lowest BCUT2D eigenvalue weighted by molar-refractivity contribution is -0.285. The molecule has 0 aliphatic heterocycles. The molecule has 0 aliphatic rings. The van der Waals surface area contributed by atoms with Crippen molar-refractivity contribution in [2.45, 2.75) is 13.8 Å². The zero-order chi connectivity index (χ0) is 9.40. The predicted octanol–water partition coefficient (Wildman–Crippen LogP) is 0.0867. The van der Waals surface area contributed by atoms with Crippen molar-refractivity contribution in [2.75, 3.05) is 19.8 Å². The zero-order valence-electron chi connectivity index (χ0n) is 7.16. The van der Waals surface area contributed by atoms with E-state index >= 15 is 0 Å². The van der Waals surface area contributed by atoms with E-state index in [0.717, 1.165) is 0 Å². The minimum atomic E-state index is -0.486. The number of ketones is 1. The molecule has 5 heteroatoms. The van der Waals surface area contributed by atoms with Crippen molar-refractivity contribution in [1.82, 2.24) is 0 Å². The smallest absolute Gasteiger partial charge is 0.303 e. The van der Waals surface area contributed by atoms with Crippen LogP contribution in [0.4, 0.5) is 0 Å². The quantitative estimate of drug-likeness (QED) is 0.248. The molecular weight excluding hydrogens is 164 g/mol. The molecule has 0 saturated carbocycles. The summed E-state index contributed by atoms with van der Waals surface area (Å²) in [5.74, 6) is -0.821. The molecule has 0 fully saturated rings. The van der Waals surface area contributed by atoms with Crippen molar-refractivity contribution in [3.8, 4) is 0 Å². The second-order valence-corrected chi connectivity index (χ2v) is 1.99. The molecule has 0 aromatic rings.